The smallest absolute Gasteiger partial charge is 0.278 e. The molecule has 2 heterocycles. The van der Waals surface area contributed by atoms with Crippen molar-refractivity contribution in [1.82, 2.24) is 19.6 Å². The van der Waals surface area contributed by atoms with Crippen LogP contribution < -0.4 is 10.6 Å². The Bertz CT molecular complexity index is 993. The summed E-state index contributed by atoms with van der Waals surface area (Å²) >= 11 is 3.33. The number of aryl methyl sites for hydroxylation is 1. The number of halogens is 1. The number of hydrogen-bond donors (Lipinski definition) is 2. The van der Waals surface area contributed by atoms with Crippen molar-refractivity contribution >= 4 is 39.1 Å². The van der Waals surface area contributed by atoms with Gasteiger partial charge in [0.2, 0.25) is 0 Å². The molecular formula is C19H21BrN6O2. The summed E-state index contributed by atoms with van der Waals surface area (Å²) in [5.41, 5.74) is 0.182. The largest absolute Gasteiger partial charge is 0.321 e. The number of anilines is 2. The Morgan fingerprint density at radius 2 is 1.86 bits per heavy atom. The van der Waals surface area contributed by atoms with Crippen LogP contribution in [0.2, 0.25) is 0 Å². The van der Waals surface area contributed by atoms with Crippen LogP contribution in [0.3, 0.4) is 0 Å². The molecule has 3 aromatic rings. The van der Waals surface area contributed by atoms with Gasteiger partial charge >= 0.3 is 0 Å². The molecule has 0 aliphatic rings. The Kier molecular flexibility index (Phi) is 5.64. The summed E-state index contributed by atoms with van der Waals surface area (Å²) in [4.78, 5) is 25.6. The van der Waals surface area contributed by atoms with E-state index in [4.69, 9.17) is 0 Å². The average molecular weight is 445 g/mol. The number of amides is 2. The molecule has 0 saturated carbocycles. The first-order valence-corrected chi connectivity index (χ1v) is 9.56. The van der Waals surface area contributed by atoms with E-state index in [-0.39, 0.29) is 11.6 Å². The van der Waals surface area contributed by atoms with Crippen LogP contribution >= 0.6 is 15.9 Å². The molecule has 9 heteroatoms. The quantitative estimate of drug-likeness (QED) is 0.608. The predicted octanol–water partition coefficient (Wildman–Crippen LogP) is 3.49. The molecule has 2 N–H and O–H groups in total. The zero-order valence-corrected chi connectivity index (χ0v) is 17.4. The summed E-state index contributed by atoms with van der Waals surface area (Å²) in [5, 5.41) is 14.1. The first-order chi connectivity index (χ1) is 13.3. The second-order valence-electron chi connectivity index (χ2n) is 6.68. The van der Waals surface area contributed by atoms with Gasteiger partial charge in [0.25, 0.3) is 11.8 Å². The predicted molar refractivity (Wildman–Crippen MR) is 110 cm³/mol. The average Bonchev–Trinajstić information content (AvgIpc) is 3.29. The van der Waals surface area contributed by atoms with E-state index >= 15 is 0 Å². The Morgan fingerprint density at radius 3 is 2.46 bits per heavy atom. The van der Waals surface area contributed by atoms with Crippen LogP contribution in [-0.2, 0) is 16.9 Å². The van der Waals surface area contributed by atoms with Crippen molar-refractivity contribution in [3.8, 4) is 0 Å². The highest BCUT2D eigenvalue weighted by Crippen LogP contribution is 2.22. The summed E-state index contributed by atoms with van der Waals surface area (Å²) in [7, 11) is 0. The van der Waals surface area contributed by atoms with Crippen molar-refractivity contribution < 1.29 is 9.59 Å². The van der Waals surface area contributed by atoms with Crippen LogP contribution in [0.5, 0.6) is 0 Å². The number of nitrogens with one attached hydrogen (secondary N) is 2. The fourth-order valence-electron chi connectivity index (χ4n) is 2.54. The third kappa shape index (κ3) is 4.14. The first kappa shape index (κ1) is 19.8. The number of benzene rings is 1. The molecule has 0 unspecified atom stereocenters. The van der Waals surface area contributed by atoms with Crippen LogP contribution in [-0.4, -0.2) is 31.4 Å². The van der Waals surface area contributed by atoms with E-state index in [9.17, 15) is 9.59 Å². The number of hydrogen-bond acceptors (Lipinski definition) is 4. The highest BCUT2D eigenvalue weighted by Gasteiger charge is 2.32. The molecule has 28 heavy (non-hydrogen) atoms. The lowest BCUT2D eigenvalue weighted by Crippen LogP contribution is -2.40. The first-order valence-electron chi connectivity index (χ1n) is 8.77. The molecule has 2 amide bonds. The fraction of sp³-hybridized carbons (Fsp3) is 0.263. The summed E-state index contributed by atoms with van der Waals surface area (Å²) < 4.78 is 3.93. The zero-order valence-electron chi connectivity index (χ0n) is 15.8. The van der Waals surface area contributed by atoms with E-state index in [0.717, 1.165) is 4.47 Å². The van der Waals surface area contributed by atoms with Gasteiger partial charge in [0.15, 0.2) is 5.69 Å². The van der Waals surface area contributed by atoms with E-state index in [1.54, 1.807) is 53.9 Å². The number of para-hydroxylation sites is 1. The van der Waals surface area contributed by atoms with E-state index in [2.05, 4.69) is 36.8 Å². The summed E-state index contributed by atoms with van der Waals surface area (Å²) in [5.74, 6) is -0.708. The van der Waals surface area contributed by atoms with Crippen molar-refractivity contribution in [1.29, 1.82) is 0 Å². The molecule has 0 atom stereocenters. The van der Waals surface area contributed by atoms with Crippen molar-refractivity contribution in [3.63, 3.8) is 0 Å². The fourth-order valence-corrected chi connectivity index (χ4v) is 2.83. The molecule has 0 bridgehead atoms. The van der Waals surface area contributed by atoms with Gasteiger partial charge < -0.3 is 10.6 Å². The van der Waals surface area contributed by atoms with Crippen LogP contribution in [0.4, 0.5) is 11.4 Å². The molecule has 8 nitrogen and oxygen atoms in total. The molecule has 0 saturated heterocycles. The molecule has 0 spiro atoms. The van der Waals surface area contributed by atoms with E-state index < -0.39 is 11.4 Å². The van der Waals surface area contributed by atoms with Gasteiger partial charge in [-0.3, -0.25) is 19.0 Å². The van der Waals surface area contributed by atoms with Crippen LogP contribution in [0.15, 0.2) is 53.4 Å². The van der Waals surface area contributed by atoms with Crippen LogP contribution in [0, 0.1) is 0 Å². The summed E-state index contributed by atoms with van der Waals surface area (Å²) in [6.45, 7) is 5.96. The van der Waals surface area contributed by atoms with Gasteiger partial charge in [-0.1, -0.05) is 18.2 Å². The van der Waals surface area contributed by atoms with Gasteiger partial charge in [-0.05, 0) is 48.8 Å². The Hall–Kier alpha value is -2.94. The number of carbonyl (C=O) groups excluding carboxylic acids is 2. The standard InChI is InChI=1S/C19H21BrN6O2/c1-4-25-12-15(16(24-25)17(27)22-14-8-6-5-7-9-14)23-18(28)19(2,3)26-11-13(20)10-21-26/h5-12H,4H2,1-3H3,(H,22,27)(H,23,28). The van der Waals surface area contributed by atoms with Gasteiger partial charge in [-0.25, -0.2) is 0 Å². The SMILES string of the molecule is CCn1cc(NC(=O)C(C)(C)n2cc(Br)cn2)c(C(=O)Nc2ccccc2)n1. The maximum absolute atomic E-state index is 12.9. The van der Waals surface area contributed by atoms with Crippen molar-refractivity contribution in [2.24, 2.45) is 0 Å². The van der Waals surface area contributed by atoms with E-state index in [0.29, 0.717) is 17.9 Å². The van der Waals surface area contributed by atoms with Crippen molar-refractivity contribution in [2.75, 3.05) is 10.6 Å². The molecule has 0 aliphatic heterocycles. The normalized spacial score (nSPS) is 11.3. The van der Waals surface area contributed by atoms with E-state index in [1.807, 2.05) is 25.1 Å². The Balaban J connectivity index is 1.84. The van der Waals surface area contributed by atoms with Gasteiger partial charge in [-0.2, -0.15) is 10.2 Å². The highest BCUT2D eigenvalue weighted by molar-refractivity contribution is 9.10. The molecule has 3 rings (SSSR count). The molecular weight excluding hydrogens is 424 g/mol. The minimum Gasteiger partial charge on any atom is -0.321 e. The molecule has 0 fully saturated rings. The minimum atomic E-state index is -0.965. The third-order valence-corrected chi connectivity index (χ3v) is 4.67. The molecule has 2 aromatic heterocycles. The minimum absolute atomic E-state index is 0.150. The maximum atomic E-state index is 12.9. The topological polar surface area (TPSA) is 93.8 Å². The van der Waals surface area contributed by atoms with Crippen molar-refractivity contribution in [2.45, 2.75) is 32.9 Å². The molecule has 0 radical (unpaired) electrons. The summed E-state index contributed by atoms with van der Waals surface area (Å²) in [6.07, 6.45) is 4.98. The lowest BCUT2D eigenvalue weighted by atomic mass is 10.0. The van der Waals surface area contributed by atoms with Crippen LogP contribution in [0.25, 0.3) is 0 Å². The lowest BCUT2D eigenvalue weighted by molar-refractivity contribution is -0.123. The molecule has 1 aromatic carbocycles. The third-order valence-electron chi connectivity index (χ3n) is 4.26. The van der Waals surface area contributed by atoms with Gasteiger partial charge in [-0.15, -0.1) is 0 Å². The second-order valence-corrected chi connectivity index (χ2v) is 7.60. The van der Waals surface area contributed by atoms with Crippen molar-refractivity contribution in [3.05, 3.63) is 59.1 Å². The van der Waals surface area contributed by atoms with E-state index in [1.165, 1.54) is 0 Å². The Labute approximate surface area is 171 Å². The molecule has 0 aliphatic carbocycles. The van der Waals surface area contributed by atoms with Crippen LogP contribution in [0.1, 0.15) is 31.3 Å². The monoisotopic (exact) mass is 444 g/mol. The van der Waals surface area contributed by atoms with Gasteiger partial charge in [0.1, 0.15) is 5.54 Å². The number of carbonyl (C=O) groups is 2. The number of aromatic nitrogens is 4. The maximum Gasteiger partial charge on any atom is 0.278 e. The van der Waals surface area contributed by atoms with Gasteiger partial charge in [0, 0.05) is 24.6 Å². The highest BCUT2D eigenvalue weighted by atomic mass is 79.9. The van der Waals surface area contributed by atoms with Gasteiger partial charge in [0.05, 0.1) is 16.4 Å². The number of rotatable bonds is 6. The Morgan fingerprint density at radius 1 is 1.14 bits per heavy atom. The number of nitrogens with zero attached hydrogens (tertiary/aromatic N) is 4. The second kappa shape index (κ2) is 7.97. The lowest BCUT2D eigenvalue weighted by Gasteiger charge is -2.24. The summed E-state index contributed by atoms with van der Waals surface area (Å²) in [6, 6.07) is 9.08. The zero-order chi connectivity index (χ0) is 20.3. The molecule has 146 valence electrons.